The molecule has 0 unspecified atom stereocenters. The van der Waals surface area contributed by atoms with E-state index in [0.717, 1.165) is 31.5 Å². The lowest BCUT2D eigenvalue weighted by molar-refractivity contribution is -0.152. The van der Waals surface area contributed by atoms with E-state index in [0.29, 0.717) is 12.6 Å². The van der Waals surface area contributed by atoms with Crippen LogP contribution in [0.2, 0.25) is 0 Å². The van der Waals surface area contributed by atoms with Crippen molar-refractivity contribution in [3.63, 3.8) is 0 Å². The molecule has 0 aliphatic heterocycles. The second kappa shape index (κ2) is 6.16. The molecule has 0 bridgehead atoms. The van der Waals surface area contributed by atoms with Crippen molar-refractivity contribution in [1.29, 1.82) is 0 Å². The average molecular weight is 291 g/mol. The number of carbonyl (C=O) groups excluding carboxylic acids is 1. The zero-order valence-corrected chi connectivity index (χ0v) is 12.9. The van der Waals surface area contributed by atoms with Crippen LogP contribution in [0.1, 0.15) is 76.6 Å². The first kappa shape index (κ1) is 14.5. The third-order valence-electron chi connectivity index (χ3n) is 5.09. The summed E-state index contributed by atoms with van der Waals surface area (Å²) in [4.78, 5) is 12.7. The van der Waals surface area contributed by atoms with Gasteiger partial charge in [0.1, 0.15) is 11.7 Å². The molecule has 2 aliphatic carbocycles. The van der Waals surface area contributed by atoms with Gasteiger partial charge >= 0.3 is 5.97 Å². The minimum atomic E-state index is -0.562. The Kier molecular flexibility index (Phi) is 4.27. The number of ether oxygens (including phenoxy) is 1. The van der Waals surface area contributed by atoms with Gasteiger partial charge < -0.3 is 9.30 Å². The van der Waals surface area contributed by atoms with E-state index >= 15 is 0 Å². The van der Waals surface area contributed by atoms with Crippen LogP contribution in [0.5, 0.6) is 0 Å². The van der Waals surface area contributed by atoms with Crippen molar-refractivity contribution in [1.82, 2.24) is 14.8 Å². The number of carbonyl (C=O) groups is 1. The molecule has 116 valence electrons. The van der Waals surface area contributed by atoms with Crippen LogP contribution in [0.4, 0.5) is 0 Å². The van der Waals surface area contributed by atoms with E-state index in [1.54, 1.807) is 0 Å². The van der Waals surface area contributed by atoms with Gasteiger partial charge in [-0.1, -0.05) is 32.1 Å². The van der Waals surface area contributed by atoms with Crippen LogP contribution >= 0.6 is 0 Å². The van der Waals surface area contributed by atoms with Gasteiger partial charge in [0.2, 0.25) is 0 Å². The Morgan fingerprint density at radius 2 is 2.00 bits per heavy atom. The highest BCUT2D eigenvalue weighted by atomic mass is 16.5. The minimum Gasteiger partial charge on any atom is -0.465 e. The van der Waals surface area contributed by atoms with Crippen LogP contribution in [0.3, 0.4) is 0 Å². The van der Waals surface area contributed by atoms with Crippen molar-refractivity contribution < 1.29 is 9.53 Å². The number of aromatic nitrogens is 3. The van der Waals surface area contributed by atoms with Crippen molar-refractivity contribution in [3.8, 4) is 0 Å². The summed E-state index contributed by atoms with van der Waals surface area (Å²) in [5.74, 6) is 0.754. The van der Waals surface area contributed by atoms with Crippen molar-refractivity contribution in [2.45, 2.75) is 76.2 Å². The third-order valence-corrected chi connectivity index (χ3v) is 5.09. The molecule has 0 atom stereocenters. The van der Waals surface area contributed by atoms with Gasteiger partial charge in [0.25, 0.3) is 0 Å². The molecular formula is C16H25N3O2. The van der Waals surface area contributed by atoms with Crippen LogP contribution in [0, 0.1) is 0 Å². The Morgan fingerprint density at radius 3 is 2.67 bits per heavy atom. The monoisotopic (exact) mass is 291 g/mol. The molecule has 2 aliphatic rings. The van der Waals surface area contributed by atoms with Gasteiger partial charge in [0.15, 0.2) is 5.82 Å². The molecule has 0 aromatic carbocycles. The molecule has 1 heterocycles. The van der Waals surface area contributed by atoms with Gasteiger partial charge in [-0.05, 0) is 32.6 Å². The fourth-order valence-electron chi connectivity index (χ4n) is 3.98. The predicted octanol–water partition coefficient (Wildman–Crippen LogP) is 3.16. The number of nitrogens with zero attached hydrogens (tertiary/aromatic N) is 3. The van der Waals surface area contributed by atoms with Crippen LogP contribution < -0.4 is 0 Å². The molecule has 5 heteroatoms. The Morgan fingerprint density at radius 1 is 1.29 bits per heavy atom. The first-order valence-electron chi connectivity index (χ1n) is 8.35. The lowest BCUT2D eigenvalue weighted by atomic mass is 9.73. The Hall–Kier alpha value is -1.39. The standard InChI is InChI=1S/C16H25N3O2/c1-2-21-15(20)16(10-6-3-7-11-16)14-18-17-12-19(14)13-8-4-5-9-13/h12-13H,2-11H2,1H3. The second-order valence-corrected chi connectivity index (χ2v) is 6.36. The quantitative estimate of drug-likeness (QED) is 0.800. The summed E-state index contributed by atoms with van der Waals surface area (Å²) in [7, 11) is 0. The van der Waals surface area contributed by atoms with Gasteiger partial charge in [-0.25, -0.2) is 0 Å². The third kappa shape index (κ3) is 2.58. The first-order valence-corrected chi connectivity index (χ1v) is 8.35. The molecule has 3 rings (SSSR count). The van der Waals surface area contributed by atoms with Gasteiger partial charge in [-0.3, -0.25) is 4.79 Å². The summed E-state index contributed by atoms with van der Waals surface area (Å²) in [6.07, 6.45) is 11.7. The van der Waals surface area contributed by atoms with Crippen LogP contribution in [-0.4, -0.2) is 27.3 Å². The Balaban J connectivity index is 1.96. The minimum absolute atomic E-state index is 0.100. The van der Waals surface area contributed by atoms with Gasteiger partial charge in [0, 0.05) is 6.04 Å². The molecular weight excluding hydrogens is 266 g/mol. The fraction of sp³-hybridized carbons (Fsp3) is 0.812. The number of hydrogen-bond acceptors (Lipinski definition) is 4. The van der Waals surface area contributed by atoms with E-state index in [-0.39, 0.29) is 5.97 Å². The Bertz CT molecular complexity index is 485. The van der Waals surface area contributed by atoms with Crippen molar-refractivity contribution >= 4 is 5.97 Å². The molecule has 0 spiro atoms. The molecule has 0 saturated heterocycles. The molecule has 2 fully saturated rings. The van der Waals surface area contributed by atoms with E-state index in [1.807, 2.05) is 13.3 Å². The molecule has 2 saturated carbocycles. The summed E-state index contributed by atoms with van der Waals surface area (Å²) in [6, 6.07) is 0.461. The maximum Gasteiger partial charge on any atom is 0.319 e. The van der Waals surface area contributed by atoms with E-state index in [1.165, 1.54) is 32.1 Å². The number of rotatable bonds is 4. The summed E-state index contributed by atoms with van der Waals surface area (Å²) < 4.78 is 7.58. The molecule has 0 radical (unpaired) electrons. The van der Waals surface area contributed by atoms with E-state index < -0.39 is 5.41 Å². The highest BCUT2D eigenvalue weighted by Gasteiger charge is 2.47. The van der Waals surface area contributed by atoms with Gasteiger partial charge in [-0.2, -0.15) is 0 Å². The highest BCUT2D eigenvalue weighted by molar-refractivity contribution is 5.82. The molecule has 0 amide bonds. The largest absolute Gasteiger partial charge is 0.465 e. The van der Waals surface area contributed by atoms with Gasteiger partial charge in [-0.15, -0.1) is 10.2 Å². The molecule has 1 aromatic rings. The molecule has 0 N–H and O–H groups in total. The maximum absolute atomic E-state index is 12.7. The number of hydrogen-bond donors (Lipinski definition) is 0. The average Bonchev–Trinajstić information content (AvgIpc) is 3.19. The predicted molar refractivity (Wildman–Crippen MR) is 78.9 cm³/mol. The zero-order valence-electron chi connectivity index (χ0n) is 12.9. The second-order valence-electron chi connectivity index (χ2n) is 6.36. The highest BCUT2D eigenvalue weighted by Crippen LogP contribution is 2.42. The summed E-state index contributed by atoms with van der Waals surface area (Å²) >= 11 is 0. The lowest BCUT2D eigenvalue weighted by Crippen LogP contribution is -2.42. The summed E-state index contributed by atoms with van der Waals surface area (Å²) in [6.45, 7) is 2.30. The fourth-order valence-corrected chi connectivity index (χ4v) is 3.98. The SMILES string of the molecule is CCOC(=O)C1(c2nncn2C2CCCC2)CCCCC1. The first-order chi connectivity index (χ1) is 10.3. The van der Waals surface area contributed by atoms with Crippen molar-refractivity contribution in [2.75, 3.05) is 6.61 Å². The zero-order chi connectivity index (χ0) is 14.7. The molecule has 5 nitrogen and oxygen atoms in total. The van der Waals surface area contributed by atoms with E-state index in [2.05, 4.69) is 14.8 Å². The maximum atomic E-state index is 12.7. The van der Waals surface area contributed by atoms with Crippen LogP contribution in [-0.2, 0) is 14.9 Å². The van der Waals surface area contributed by atoms with Gasteiger partial charge in [0.05, 0.1) is 6.61 Å². The smallest absolute Gasteiger partial charge is 0.319 e. The normalized spacial score (nSPS) is 22.3. The Labute approximate surface area is 126 Å². The van der Waals surface area contributed by atoms with Crippen LogP contribution in [0.25, 0.3) is 0 Å². The lowest BCUT2D eigenvalue weighted by Gasteiger charge is -2.34. The summed E-state index contributed by atoms with van der Waals surface area (Å²) in [5, 5.41) is 8.51. The molecule has 1 aromatic heterocycles. The number of esters is 1. The van der Waals surface area contributed by atoms with Crippen molar-refractivity contribution in [3.05, 3.63) is 12.2 Å². The van der Waals surface area contributed by atoms with Crippen molar-refractivity contribution in [2.24, 2.45) is 0 Å². The molecule has 21 heavy (non-hydrogen) atoms. The van der Waals surface area contributed by atoms with E-state index in [9.17, 15) is 4.79 Å². The van der Waals surface area contributed by atoms with E-state index in [4.69, 9.17) is 4.74 Å². The topological polar surface area (TPSA) is 57.0 Å². The van der Waals surface area contributed by atoms with Crippen LogP contribution in [0.15, 0.2) is 6.33 Å². The summed E-state index contributed by atoms with van der Waals surface area (Å²) in [5.41, 5.74) is -0.562.